The van der Waals surface area contributed by atoms with E-state index in [0.29, 0.717) is 0 Å². The van der Waals surface area contributed by atoms with Crippen LogP contribution >= 0.6 is 0 Å². The maximum absolute atomic E-state index is 12.4. The number of methoxy groups -OCH3 is 1. The third-order valence-electron chi connectivity index (χ3n) is 3.71. The fraction of sp³-hybridized carbons (Fsp3) is 0.375. The molecule has 1 aromatic heterocycles. The Morgan fingerprint density at radius 3 is 2.57 bits per heavy atom. The number of amides is 1. The maximum atomic E-state index is 12.4. The first-order valence-corrected chi connectivity index (χ1v) is 7.00. The van der Waals surface area contributed by atoms with Gasteiger partial charge in [-0.25, -0.2) is 4.98 Å². The lowest BCUT2D eigenvalue weighted by Crippen LogP contribution is -2.39. The minimum Gasteiger partial charge on any atom is -0.367 e. The predicted molar refractivity (Wildman–Crippen MR) is 80.8 cm³/mol. The van der Waals surface area contributed by atoms with E-state index in [2.05, 4.69) is 15.3 Å². The summed E-state index contributed by atoms with van der Waals surface area (Å²) >= 11 is 0. The minimum absolute atomic E-state index is 0.0284. The van der Waals surface area contributed by atoms with E-state index in [-0.39, 0.29) is 17.9 Å². The molecule has 0 saturated carbocycles. The molecule has 1 aromatic carbocycles. The molecule has 2 aromatic rings. The summed E-state index contributed by atoms with van der Waals surface area (Å²) in [5.41, 5.74) is 1.84. The molecule has 5 heteroatoms. The average Bonchev–Trinajstić information content (AvgIpc) is 3.02. The maximum Gasteiger partial charge on any atom is 0.253 e. The zero-order chi connectivity index (χ0) is 15.2. The van der Waals surface area contributed by atoms with Gasteiger partial charge in [0.25, 0.3) is 5.91 Å². The Balaban J connectivity index is 2.02. The predicted octanol–water partition coefficient (Wildman–Crippen LogP) is 2.41. The standard InChI is InChI=1S/C16H21N3O2/c1-11(14-9-17-10-18-14)12(2)19-16(20)15(21-3)13-7-5-4-6-8-13/h4-12,15H,1-3H3,(H,17,18)(H,19,20)/t11-,12+,15-/m1/s1. The van der Waals surface area contributed by atoms with Crippen molar-refractivity contribution in [3.8, 4) is 0 Å². The second kappa shape index (κ2) is 7.04. The number of hydrogen-bond acceptors (Lipinski definition) is 3. The van der Waals surface area contributed by atoms with E-state index in [1.54, 1.807) is 19.6 Å². The summed E-state index contributed by atoms with van der Waals surface area (Å²) in [5.74, 6) is 0.00675. The van der Waals surface area contributed by atoms with Crippen molar-refractivity contribution in [3.63, 3.8) is 0 Å². The Morgan fingerprint density at radius 2 is 2.00 bits per heavy atom. The van der Waals surface area contributed by atoms with Crippen LogP contribution < -0.4 is 5.32 Å². The number of benzene rings is 1. The van der Waals surface area contributed by atoms with Crippen molar-refractivity contribution in [2.75, 3.05) is 7.11 Å². The number of carbonyl (C=O) groups is 1. The number of rotatable bonds is 6. The summed E-state index contributed by atoms with van der Waals surface area (Å²) < 4.78 is 5.34. The van der Waals surface area contributed by atoms with Crippen LogP contribution in [0.1, 0.15) is 37.1 Å². The first-order valence-electron chi connectivity index (χ1n) is 7.00. The van der Waals surface area contributed by atoms with E-state index in [1.165, 1.54) is 0 Å². The van der Waals surface area contributed by atoms with E-state index < -0.39 is 6.10 Å². The number of hydrogen-bond donors (Lipinski definition) is 2. The number of aromatic amines is 1. The van der Waals surface area contributed by atoms with Crippen molar-refractivity contribution in [1.82, 2.24) is 15.3 Å². The van der Waals surface area contributed by atoms with Gasteiger partial charge in [0, 0.05) is 31.0 Å². The normalized spacial score (nSPS) is 15.2. The molecule has 2 rings (SSSR count). The number of nitrogens with zero attached hydrogens (tertiary/aromatic N) is 1. The highest BCUT2D eigenvalue weighted by Gasteiger charge is 2.24. The first kappa shape index (κ1) is 15.3. The number of imidazole rings is 1. The van der Waals surface area contributed by atoms with Gasteiger partial charge in [0.1, 0.15) is 0 Å². The van der Waals surface area contributed by atoms with Crippen LogP contribution in [0.5, 0.6) is 0 Å². The van der Waals surface area contributed by atoms with Gasteiger partial charge in [0.2, 0.25) is 0 Å². The highest BCUT2D eigenvalue weighted by atomic mass is 16.5. The van der Waals surface area contributed by atoms with E-state index >= 15 is 0 Å². The molecule has 21 heavy (non-hydrogen) atoms. The van der Waals surface area contributed by atoms with Gasteiger partial charge >= 0.3 is 0 Å². The van der Waals surface area contributed by atoms with Crippen LogP contribution in [0, 0.1) is 0 Å². The fourth-order valence-electron chi connectivity index (χ4n) is 2.23. The van der Waals surface area contributed by atoms with Crippen LogP contribution in [0.25, 0.3) is 0 Å². The summed E-state index contributed by atoms with van der Waals surface area (Å²) in [7, 11) is 1.54. The second-order valence-electron chi connectivity index (χ2n) is 5.12. The third-order valence-corrected chi connectivity index (χ3v) is 3.71. The van der Waals surface area contributed by atoms with Gasteiger partial charge in [0.15, 0.2) is 6.10 Å². The SMILES string of the molecule is CO[C@@H](C(=O)N[C@@H](C)[C@@H](C)c1cnc[nH]1)c1ccccc1. The van der Waals surface area contributed by atoms with Gasteiger partial charge in [-0.3, -0.25) is 4.79 Å². The van der Waals surface area contributed by atoms with E-state index in [4.69, 9.17) is 4.74 Å². The molecule has 0 aliphatic carbocycles. The molecule has 0 aliphatic heterocycles. The van der Waals surface area contributed by atoms with E-state index in [1.807, 2.05) is 44.2 Å². The molecule has 1 amide bonds. The Labute approximate surface area is 124 Å². The monoisotopic (exact) mass is 287 g/mol. The topological polar surface area (TPSA) is 67.0 Å². The van der Waals surface area contributed by atoms with Crippen molar-refractivity contribution >= 4 is 5.91 Å². The molecule has 3 atom stereocenters. The van der Waals surface area contributed by atoms with Crippen molar-refractivity contribution in [3.05, 3.63) is 54.1 Å². The first-order chi connectivity index (χ1) is 10.1. The molecule has 0 aliphatic rings. The van der Waals surface area contributed by atoms with Crippen LogP contribution in [-0.4, -0.2) is 29.0 Å². The minimum atomic E-state index is -0.595. The average molecular weight is 287 g/mol. The molecule has 5 nitrogen and oxygen atoms in total. The van der Waals surface area contributed by atoms with Gasteiger partial charge in [-0.2, -0.15) is 0 Å². The lowest BCUT2D eigenvalue weighted by molar-refractivity contribution is -0.132. The Kier molecular flexibility index (Phi) is 5.11. The van der Waals surface area contributed by atoms with Crippen LogP contribution in [0.2, 0.25) is 0 Å². The van der Waals surface area contributed by atoms with Gasteiger partial charge in [-0.05, 0) is 12.5 Å². The lowest BCUT2D eigenvalue weighted by Gasteiger charge is -2.23. The van der Waals surface area contributed by atoms with Gasteiger partial charge in [-0.15, -0.1) is 0 Å². The molecule has 1 heterocycles. The van der Waals surface area contributed by atoms with Crippen molar-refractivity contribution < 1.29 is 9.53 Å². The molecular formula is C16H21N3O2. The molecule has 112 valence electrons. The van der Waals surface area contributed by atoms with Crippen molar-refractivity contribution in [1.29, 1.82) is 0 Å². The van der Waals surface area contributed by atoms with Crippen LogP contribution in [0.4, 0.5) is 0 Å². The molecule has 0 saturated heterocycles. The number of carbonyl (C=O) groups excluding carboxylic acids is 1. The molecule has 2 N–H and O–H groups in total. The van der Waals surface area contributed by atoms with E-state index in [0.717, 1.165) is 11.3 Å². The van der Waals surface area contributed by atoms with E-state index in [9.17, 15) is 4.79 Å². The number of H-pyrrole nitrogens is 1. The highest BCUT2D eigenvalue weighted by Crippen LogP contribution is 2.19. The number of nitrogens with one attached hydrogen (secondary N) is 2. The summed E-state index contributed by atoms with van der Waals surface area (Å²) in [5, 5.41) is 3.01. The van der Waals surface area contributed by atoms with Crippen LogP contribution in [0.15, 0.2) is 42.9 Å². The smallest absolute Gasteiger partial charge is 0.253 e. The Bertz CT molecular complexity index is 554. The zero-order valence-electron chi connectivity index (χ0n) is 12.5. The fourth-order valence-corrected chi connectivity index (χ4v) is 2.23. The second-order valence-corrected chi connectivity index (χ2v) is 5.12. The molecule has 0 unspecified atom stereocenters. The number of ether oxygens (including phenoxy) is 1. The third kappa shape index (κ3) is 3.70. The Hall–Kier alpha value is -2.14. The van der Waals surface area contributed by atoms with Crippen molar-refractivity contribution in [2.24, 2.45) is 0 Å². The lowest BCUT2D eigenvalue weighted by atomic mass is 9.99. The number of aromatic nitrogens is 2. The Morgan fingerprint density at radius 1 is 1.29 bits per heavy atom. The van der Waals surface area contributed by atoms with Crippen molar-refractivity contribution in [2.45, 2.75) is 31.9 Å². The quantitative estimate of drug-likeness (QED) is 0.857. The van der Waals surface area contributed by atoms with Crippen LogP contribution in [-0.2, 0) is 9.53 Å². The zero-order valence-corrected chi connectivity index (χ0v) is 12.5. The summed E-state index contributed by atoms with van der Waals surface area (Å²) in [6.45, 7) is 4.02. The molecule has 0 radical (unpaired) electrons. The molecule has 0 spiro atoms. The van der Waals surface area contributed by atoms with Gasteiger partial charge < -0.3 is 15.0 Å². The molecule has 0 bridgehead atoms. The highest BCUT2D eigenvalue weighted by molar-refractivity contribution is 5.82. The summed E-state index contributed by atoms with van der Waals surface area (Å²) in [6, 6.07) is 9.44. The van der Waals surface area contributed by atoms with Crippen LogP contribution in [0.3, 0.4) is 0 Å². The molecule has 0 fully saturated rings. The summed E-state index contributed by atoms with van der Waals surface area (Å²) in [4.78, 5) is 19.5. The largest absolute Gasteiger partial charge is 0.367 e. The van der Waals surface area contributed by atoms with Gasteiger partial charge in [0.05, 0.1) is 6.33 Å². The van der Waals surface area contributed by atoms with Gasteiger partial charge in [-0.1, -0.05) is 37.3 Å². The molecular weight excluding hydrogens is 266 g/mol. The summed E-state index contributed by atoms with van der Waals surface area (Å²) in [6.07, 6.45) is 2.82.